The van der Waals surface area contributed by atoms with E-state index in [1.54, 1.807) is 14.2 Å². The molecule has 0 aliphatic rings. The molecule has 1 aromatic carbocycles. The molecule has 2 aromatic rings. The summed E-state index contributed by atoms with van der Waals surface area (Å²) in [6.45, 7) is 3.83. The number of nitrogens with zero attached hydrogens (tertiary/aromatic N) is 2. The number of imidazole rings is 1. The number of aromatic nitrogens is 2. The monoisotopic (exact) mass is 275 g/mol. The third kappa shape index (κ3) is 3.23. The molecule has 1 N–H and O–H groups in total. The van der Waals surface area contributed by atoms with Gasteiger partial charge in [-0.15, -0.1) is 0 Å². The number of methoxy groups -OCH3 is 2. The Morgan fingerprint density at radius 3 is 2.80 bits per heavy atom. The lowest BCUT2D eigenvalue weighted by molar-refractivity contribution is 0.404. The minimum Gasteiger partial charge on any atom is -0.497 e. The Balaban J connectivity index is 2.11. The van der Waals surface area contributed by atoms with Crippen molar-refractivity contribution in [3.8, 4) is 11.5 Å². The first-order chi connectivity index (χ1) is 9.78. The maximum Gasteiger partial charge on any atom is 0.142 e. The van der Waals surface area contributed by atoms with Gasteiger partial charge >= 0.3 is 0 Å². The van der Waals surface area contributed by atoms with Crippen LogP contribution in [0.25, 0.3) is 0 Å². The van der Waals surface area contributed by atoms with Gasteiger partial charge in [-0.2, -0.15) is 0 Å². The molecule has 0 unspecified atom stereocenters. The fraction of sp³-hybridized carbons (Fsp3) is 0.400. The molecule has 0 aliphatic heterocycles. The van der Waals surface area contributed by atoms with Crippen molar-refractivity contribution >= 4 is 5.69 Å². The van der Waals surface area contributed by atoms with Crippen molar-refractivity contribution in [2.24, 2.45) is 0 Å². The van der Waals surface area contributed by atoms with Gasteiger partial charge in [0.1, 0.15) is 11.5 Å². The summed E-state index contributed by atoms with van der Waals surface area (Å²) >= 11 is 0. The highest BCUT2D eigenvalue weighted by Crippen LogP contribution is 2.29. The van der Waals surface area contributed by atoms with E-state index in [2.05, 4.69) is 21.8 Å². The predicted molar refractivity (Wildman–Crippen MR) is 79.4 cm³/mol. The average Bonchev–Trinajstić information content (AvgIpc) is 2.92. The van der Waals surface area contributed by atoms with Crippen LogP contribution in [0.5, 0.6) is 11.5 Å². The minimum absolute atomic E-state index is 0.698. The van der Waals surface area contributed by atoms with Crippen LogP contribution in [0.1, 0.15) is 19.0 Å². The zero-order valence-electron chi connectivity index (χ0n) is 12.2. The van der Waals surface area contributed by atoms with E-state index in [0.717, 1.165) is 35.8 Å². The van der Waals surface area contributed by atoms with Crippen LogP contribution in [-0.4, -0.2) is 23.8 Å². The van der Waals surface area contributed by atoms with Gasteiger partial charge in [-0.05, 0) is 18.6 Å². The molecule has 5 heteroatoms. The molecule has 108 valence electrons. The molecule has 0 spiro atoms. The lowest BCUT2D eigenvalue weighted by atomic mass is 10.2. The normalized spacial score (nSPS) is 10.3. The van der Waals surface area contributed by atoms with E-state index in [0.29, 0.717) is 6.54 Å². The number of hydrogen-bond acceptors (Lipinski definition) is 4. The predicted octanol–water partition coefficient (Wildman–Crippen LogP) is 2.92. The number of anilines is 1. The number of hydrogen-bond donors (Lipinski definition) is 1. The molecule has 0 fully saturated rings. The van der Waals surface area contributed by atoms with E-state index in [1.807, 2.05) is 30.7 Å². The number of nitrogens with one attached hydrogen (secondary N) is 1. The Kier molecular flexibility index (Phi) is 4.87. The van der Waals surface area contributed by atoms with E-state index in [-0.39, 0.29) is 0 Å². The second-order valence-electron chi connectivity index (χ2n) is 4.50. The summed E-state index contributed by atoms with van der Waals surface area (Å²) in [6.07, 6.45) is 4.84. The van der Waals surface area contributed by atoms with Crippen molar-refractivity contribution in [1.82, 2.24) is 9.55 Å². The highest BCUT2D eigenvalue weighted by molar-refractivity contribution is 5.59. The zero-order valence-corrected chi connectivity index (χ0v) is 12.2. The Morgan fingerprint density at radius 2 is 2.10 bits per heavy atom. The molecule has 0 aliphatic carbocycles. The van der Waals surface area contributed by atoms with Crippen molar-refractivity contribution in [2.45, 2.75) is 26.4 Å². The number of ether oxygens (including phenoxy) is 2. The van der Waals surface area contributed by atoms with Gasteiger partial charge in [-0.25, -0.2) is 4.98 Å². The van der Waals surface area contributed by atoms with Crippen LogP contribution in [0.4, 0.5) is 5.69 Å². The summed E-state index contributed by atoms with van der Waals surface area (Å²) < 4.78 is 12.7. The van der Waals surface area contributed by atoms with Crippen LogP contribution >= 0.6 is 0 Å². The second kappa shape index (κ2) is 6.84. The van der Waals surface area contributed by atoms with Crippen LogP contribution in [0, 0.1) is 0 Å². The first kappa shape index (κ1) is 14.2. The van der Waals surface area contributed by atoms with Gasteiger partial charge in [0, 0.05) is 18.8 Å². The van der Waals surface area contributed by atoms with Crippen LogP contribution in [0.15, 0.2) is 30.7 Å². The van der Waals surface area contributed by atoms with E-state index in [9.17, 15) is 0 Å². The first-order valence-electron chi connectivity index (χ1n) is 6.73. The number of rotatable bonds is 7. The maximum atomic E-state index is 5.35. The molecule has 0 bridgehead atoms. The molecule has 0 radical (unpaired) electrons. The van der Waals surface area contributed by atoms with Gasteiger partial charge in [0.05, 0.1) is 38.5 Å². The lowest BCUT2D eigenvalue weighted by Crippen LogP contribution is -2.07. The Bertz CT molecular complexity index is 552. The van der Waals surface area contributed by atoms with Crippen LogP contribution in [0.3, 0.4) is 0 Å². The maximum absolute atomic E-state index is 5.35. The smallest absolute Gasteiger partial charge is 0.142 e. The quantitative estimate of drug-likeness (QED) is 0.844. The molecule has 0 saturated carbocycles. The lowest BCUT2D eigenvalue weighted by Gasteiger charge is -2.13. The van der Waals surface area contributed by atoms with Crippen LogP contribution in [-0.2, 0) is 13.1 Å². The van der Waals surface area contributed by atoms with Gasteiger partial charge in [0.2, 0.25) is 0 Å². The second-order valence-corrected chi connectivity index (χ2v) is 4.50. The largest absolute Gasteiger partial charge is 0.497 e. The van der Waals surface area contributed by atoms with Crippen LogP contribution in [0.2, 0.25) is 0 Å². The van der Waals surface area contributed by atoms with Gasteiger partial charge in [0.15, 0.2) is 0 Å². The third-order valence-corrected chi connectivity index (χ3v) is 3.13. The molecular weight excluding hydrogens is 254 g/mol. The average molecular weight is 275 g/mol. The van der Waals surface area contributed by atoms with Crippen molar-refractivity contribution in [3.05, 3.63) is 36.4 Å². The first-order valence-corrected chi connectivity index (χ1v) is 6.73. The highest BCUT2D eigenvalue weighted by atomic mass is 16.5. The van der Waals surface area contributed by atoms with Crippen molar-refractivity contribution in [2.75, 3.05) is 19.5 Å². The molecule has 5 nitrogen and oxygen atoms in total. The molecular formula is C15H21N3O2. The number of benzene rings is 1. The molecule has 1 heterocycles. The number of aryl methyl sites for hydroxylation is 1. The van der Waals surface area contributed by atoms with Crippen molar-refractivity contribution < 1.29 is 9.47 Å². The minimum atomic E-state index is 0.698. The van der Waals surface area contributed by atoms with E-state index in [4.69, 9.17) is 9.47 Å². The summed E-state index contributed by atoms with van der Waals surface area (Å²) in [5.41, 5.74) is 2.06. The van der Waals surface area contributed by atoms with Gasteiger partial charge in [-0.3, -0.25) is 0 Å². The Hall–Kier alpha value is -2.17. The third-order valence-electron chi connectivity index (χ3n) is 3.13. The highest BCUT2D eigenvalue weighted by Gasteiger charge is 2.06. The fourth-order valence-corrected chi connectivity index (χ4v) is 2.08. The summed E-state index contributed by atoms with van der Waals surface area (Å²) in [5, 5.41) is 3.37. The van der Waals surface area contributed by atoms with Gasteiger partial charge < -0.3 is 19.4 Å². The molecule has 1 aromatic heterocycles. The Morgan fingerprint density at radius 1 is 1.25 bits per heavy atom. The topological polar surface area (TPSA) is 48.3 Å². The molecule has 0 saturated heterocycles. The Labute approximate surface area is 119 Å². The molecule has 0 atom stereocenters. The molecule has 20 heavy (non-hydrogen) atoms. The van der Waals surface area contributed by atoms with E-state index >= 15 is 0 Å². The summed E-state index contributed by atoms with van der Waals surface area (Å²) in [6, 6.07) is 5.70. The summed E-state index contributed by atoms with van der Waals surface area (Å²) in [7, 11) is 3.32. The van der Waals surface area contributed by atoms with Crippen molar-refractivity contribution in [1.29, 1.82) is 0 Å². The van der Waals surface area contributed by atoms with E-state index < -0.39 is 0 Å². The summed E-state index contributed by atoms with van der Waals surface area (Å²) in [4.78, 5) is 4.20. The van der Waals surface area contributed by atoms with Gasteiger partial charge in [-0.1, -0.05) is 6.92 Å². The SMILES string of the molecule is CCCn1cncc1CNc1cc(OC)ccc1OC. The van der Waals surface area contributed by atoms with E-state index in [1.165, 1.54) is 0 Å². The van der Waals surface area contributed by atoms with Crippen molar-refractivity contribution in [3.63, 3.8) is 0 Å². The van der Waals surface area contributed by atoms with Crippen LogP contribution < -0.4 is 14.8 Å². The molecule has 0 amide bonds. The standard InChI is InChI=1S/C15H21N3O2/c1-4-7-18-11-16-9-12(18)10-17-14-8-13(19-2)5-6-15(14)20-3/h5-6,8-9,11,17H,4,7,10H2,1-3H3. The zero-order chi connectivity index (χ0) is 14.4. The molecule has 2 rings (SSSR count). The fourth-order valence-electron chi connectivity index (χ4n) is 2.08. The summed E-state index contributed by atoms with van der Waals surface area (Å²) in [5.74, 6) is 1.60. The van der Waals surface area contributed by atoms with Gasteiger partial charge in [0.25, 0.3) is 0 Å².